The van der Waals surface area contributed by atoms with Crippen LogP contribution in [0.3, 0.4) is 0 Å². The first-order valence-corrected chi connectivity index (χ1v) is 13.0. The Morgan fingerprint density at radius 3 is 2.27 bits per heavy atom. The number of anilines is 1. The van der Waals surface area contributed by atoms with Gasteiger partial charge in [-0.25, -0.2) is 0 Å². The van der Waals surface area contributed by atoms with Gasteiger partial charge in [-0.3, -0.25) is 9.59 Å². The lowest BCUT2D eigenvalue weighted by Gasteiger charge is -2.40. The molecular formula is C21H26F5N6O4S+. The average molecular weight is 554 g/mol. The lowest BCUT2D eigenvalue weighted by molar-refractivity contribution is -0.714. The van der Waals surface area contributed by atoms with Crippen molar-refractivity contribution in [1.82, 2.24) is 19.6 Å². The molecule has 0 aliphatic carbocycles. The van der Waals surface area contributed by atoms with Crippen molar-refractivity contribution in [1.29, 1.82) is 0 Å². The summed E-state index contributed by atoms with van der Waals surface area (Å²) in [6.07, 6.45) is 0. The van der Waals surface area contributed by atoms with Gasteiger partial charge in [0.15, 0.2) is 6.54 Å². The predicted octanol–water partition coefficient (Wildman–Crippen LogP) is 4.03. The molecule has 2 aromatic heterocycles. The standard InChI is InChI=1S/C21H25F5N6O4S/c1-5-30(6-2)20(34)16-11-18-31(29-21(27)32(18)28-19(16)36-7-3)12-17(33)13-8-14(35-4)10-15(9-13)37(22,23,24,25)26/h8-11H,5-7,12H2,1-4H3,(H-,27,28,29,34)/p+1. The third-order valence-corrected chi connectivity index (χ3v) is 6.48. The van der Waals surface area contributed by atoms with E-state index < -0.39 is 44.7 Å². The average Bonchev–Trinajstić information content (AvgIpc) is 3.11. The zero-order chi connectivity index (χ0) is 27.8. The first kappa shape index (κ1) is 27.9. The number of carbonyl (C=O) groups is 2. The number of benzene rings is 1. The van der Waals surface area contributed by atoms with E-state index in [2.05, 4.69) is 10.2 Å². The summed E-state index contributed by atoms with van der Waals surface area (Å²) < 4.78 is 79.4. The number of hydrogen-bond donors (Lipinski definition) is 1. The number of amides is 1. The molecule has 3 aromatic rings. The van der Waals surface area contributed by atoms with E-state index in [0.29, 0.717) is 13.1 Å². The van der Waals surface area contributed by atoms with Crippen LogP contribution in [0.2, 0.25) is 0 Å². The van der Waals surface area contributed by atoms with Crippen LogP contribution in [0.15, 0.2) is 29.2 Å². The molecule has 10 nitrogen and oxygen atoms in total. The Kier molecular flexibility index (Phi) is 6.79. The molecule has 16 heteroatoms. The van der Waals surface area contributed by atoms with Crippen molar-refractivity contribution in [3.63, 3.8) is 0 Å². The van der Waals surface area contributed by atoms with Gasteiger partial charge in [0.05, 0.1) is 19.8 Å². The highest BCUT2D eigenvalue weighted by atomic mass is 32.5. The lowest BCUT2D eigenvalue weighted by atomic mass is 10.1. The van der Waals surface area contributed by atoms with E-state index in [0.717, 1.165) is 22.4 Å². The molecule has 0 bridgehead atoms. The monoisotopic (exact) mass is 553 g/mol. The Morgan fingerprint density at radius 1 is 1.08 bits per heavy atom. The molecule has 204 valence electrons. The Balaban J connectivity index is 2.11. The van der Waals surface area contributed by atoms with E-state index in [4.69, 9.17) is 15.2 Å². The summed E-state index contributed by atoms with van der Waals surface area (Å²) in [7, 11) is -9.13. The van der Waals surface area contributed by atoms with Gasteiger partial charge < -0.3 is 20.1 Å². The van der Waals surface area contributed by atoms with Crippen LogP contribution < -0.4 is 19.9 Å². The van der Waals surface area contributed by atoms with Crippen molar-refractivity contribution in [2.45, 2.75) is 32.2 Å². The summed E-state index contributed by atoms with van der Waals surface area (Å²) in [6.45, 7) is 5.47. The van der Waals surface area contributed by atoms with Gasteiger partial charge in [0.1, 0.15) is 16.2 Å². The zero-order valence-electron chi connectivity index (χ0n) is 20.4. The number of aromatic nitrogens is 4. The number of ether oxygens (including phenoxy) is 2. The molecule has 1 aromatic carbocycles. The maximum atomic E-state index is 13.4. The highest BCUT2D eigenvalue weighted by Crippen LogP contribution is 3.02. The van der Waals surface area contributed by atoms with Crippen molar-refractivity contribution >= 4 is 33.5 Å². The predicted molar refractivity (Wildman–Crippen MR) is 125 cm³/mol. The first-order chi connectivity index (χ1) is 17.0. The topological polar surface area (TPSA) is 116 Å². The minimum absolute atomic E-state index is 0.0391. The second-order valence-corrected chi connectivity index (χ2v) is 10.3. The van der Waals surface area contributed by atoms with E-state index in [1.165, 1.54) is 11.0 Å². The molecule has 0 radical (unpaired) electrons. The van der Waals surface area contributed by atoms with Crippen molar-refractivity contribution in [3.8, 4) is 11.6 Å². The van der Waals surface area contributed by atoms with Gasteiger partial charge >= 0.3 is 21.8 Å². The minimum Gasteiger partial charge on any atom is -0.497 e. The number of halogens is 5. The van der Waals surface area contributed by atoms with Crippen LogP contribution in [0.5, 0.6) is 11.6 Å². The number of hydrogen-bond acceptors (Lipinski definition) is 7. The Morgan fingerprint density at radius 2 is 1.73 bits per heavy atom. The molecule has 0 saturated carbocycles. The van der Waals surface area contributed by atoms with Crippen molar-refractivity contribution in [2.24, 2.45) is 0 Å². The number of Topliss-reactive ketones (excluding diaryl/α,β-unsaturated/α-hetero) is 1. The summed E-state index contributed by atoms with van der Waals surface area (Å²) in [5.74, 6) is -2.26. The molecule has 1 amide bonds. The molecule has 0 aliphatic heterocycles. The normalized spacial score (nSPS) is 13.6. The second-order valence-electron chi connectivity index (χ2n) is 7.85. The van der Waals surface area contributed by atoms with E-state index >= 15 is 0 Å². The van der Waals surface area contributed by atoms with Gasteiger partial charge in [0.25, 0.3) is 11.8 Å². The molecule has 2 heterocycles. The van der Waals surface area contributed by atoms with Crippen molar-refractivity contribution in [2.75, 3.05) is 32.5 Å². The highest BCUT2D eigenvalue weighted by molar-refractivity contribution is 8.45. The second kappa shape index (κ2) is 9.00. The number of methoxy groups -OCH3 is 1. The fourth-order valence-corrected chi connectivity index (χ4v) is 4.20. The fourth-order valence-electron chi connectivity index (χ4n) is 3.51. The maximum absolute atomic E-state index is 13.4. The van der Waals surface area contributed by atoms with E-state index in [-0.39, 0.29) is 41.8 Å². The Bertz CT molecular complexity index is 1380. The van der Waals surface area contributed by atoms with Crippen LogP contribution in [0, 0.1) is 0 Å². The van der Waals surface area contributed by atoms with Gasteiger partial charge in [-0.15, -0.1) is 4.68 Å². The molecular weight excluding hydrogens is 527 g/mol. The fraction of sp³-hybridized carbons (Fsp3) is 0.381. The molecule has 0 aliphatic rings. The van der Waals surface area contributed by atoms with E-state index in [9.17, 15) is 29.0 Å². The largest absolute Gasteiger partial charge is 0.497 e. The molecule has 0 atom stereocenters. The molecule has 0 fully saturated rings. The molecule has 37 heavy (non-hydrogen) atoms. The summed E-state index contributed by atoms with van der Waals surface area (Å²) in [5.41, 5.74) is 5.30. The van der Waals surface area contributed by atoms with Crippen LogP contribution in [0.1, 0.15) is 41.5 Å². The van der Waals surface area contributed by atoms with E-state index in [1.807, 2.05) is 0 Å². The quantitative estimate of drug-likeness (QED) is 0.229. The first-order valence-electron chi connectivity index (χ1n) is 11.0. The van der Waals surface area contributed by atoms with Gasteiger partial charge in [-0.1, -0.05) is 23.9 Å². The van der Waals surface area contributed by atoms with Gasteiger partial charge in [0.2, 0.25) is 5.78 Å². The van der Waals surface area contributed by atoms with Crippen molar-refractivity contribution in [3.05, 3.63) is 35.4 Å². The number of nitrogen functional groups attached to an aromatic ring is 1. The van der Waals surface area contributed by atoms with E-state index in [1.54, 1.807) is 20.8 Å². The number of carbonyl (C=O) groups excluding carboxylic acids is 2. The SMILES string of the molecule is CCOc1nn2c(N)n[n+](CC(=O)c3cc(OC)cc(S(F)(F)(F)(F)F)c3)c2cc1C(=O)N(CC)CC. The lowest BCUT2D eigenvalue weighted by Crippen LogP contribution is -2.41. The Labute approximate surface area is 208 Å². The number of nitrogens with two attached hydrogens (primary N) is 1. The zero-order valence-corrected chi connectivity index (χ0v) is 21.2. The number of nitrogens with zero attached hydrogens (tertiary/aromatic N) is 5. The van der Waals surface area contributed by atoms with Crippen LogP contribution in [-0.2, 0) is 6.54 Å². The van der Waals surface area contributed by atoms with Crippen LogP contribution in [0.25, 0.3) is 5.65 Å². The van der Waals surface area contributed by atoms with Crippen LogP contribution >= 0.6 is 10.2 Å². The Hall–Kier alpha value is -3.69. The third-order valence-electron chi connectivity index (χ3n) is 5.35. The van der Waals surface area contributed by atoms with Crippen molar-refractivity contribution < 1.29 is 43.2 Å². The summed E-state index contributed by atoms with van der Waals surface area (Å²) in [6, 6.07) is 2.43. The molecule has 2 N–H and O–H groups in total. The minimum atomic E-state index is -10.1. The third kappa shape index (κ3) is 5.84. The van der Waals surface area contributed by atoms with Gasteiger partial charge in [0, 0.05) is 24.7 Å². The number of fused-ring (bicyclic) bond motifs is 1. The maximum Gasteiger partial charge on any atom is 0.355 e. The van der Waals surface area contributed by atoms with Crippen LogP contribution in [0.4, 0.5) is 25.4 Å². The van der Waals surface area contributed by atoms with Gasteiger partial charge in [-0.2, -0.15) is 0 Å². The number of rotatable bonds is 10. The highest BCUT2D eigenvalue weighted by Gasteiger charge is 2.65. The summed E-state index contributed by atoms with van der Waals surface area (Å²) in [5, 5.41) is 8.18. The summed E-state index contributed by atoms with van der Waals surface area (Å²) >= 11 is 0. The summed E-state index contributed by atoms with van der Waals surface area (Å²) in [4.78, 5) is 25.2. The smallest absolute Gasteiger partial charge is 0.355 e. The molecule has 0 spiro atoms. The number of ketones is 1. The van der Waals surface area contributed by atoms with Gasteiger partial charge in [-0.05, 0) is 43.1 Å². The molecule has 0 unspecified atom stereocenters. The molecule has 0 saturated heterocycles. The molecule has 3 rings (SSSR count). The van der Waals surface area contributed by atoms with Crippen LogP contribution in [-0.4, -0.2) is 58.1 Å².